The molecule has 1 heterocycles. The Kier molecular flexibility index (Phi) is 5.72. The number of nitrogens with zero attached hydrogens (tertiary/aromatic N) is 1. The van der Waals surface area contributed by atoms with E-state index in [0.717, 1.165) is 0 Å². The number of esters is 1. The van der Waals surface area contributed by atoms with Crippen LogP contribution >= 0.6 is 23.2 Å². The normalized spacial score (nSPS) is 15.6. The Hall–Kier alpha value is -2.83. The molecule has 1 aliphatic rings. The Morgan fingerprint density at radius 2 is 1.96 bits per heavy atom. The number of carbonyl (C=O) groups excluding carboxylic acids is 3. The lowest BCUT2D eigenvalue weighted by Crippen LogP contribution is -2.31. The molecule has 0 radical (unpaired) electrons. The molecular formula is C20H16Cl2N2O4. The molecule has 0 aliphatic carbocycles. The van der Waals surface area contributed by atoms with Crippen LogP contribution in [0.2, 0.25) is 10.0 Å². The van der Waals surface area contributed by atoms with Crippen LogP contribution in [0.3, 0.4) is 0 Å². The van der Waals surface area contributed by atoms with E-state index >= 15 is 0 Å². The van der Waals surface area contributed by atoms with E-state index in [0.29, 0.717) is 27.5 Å². The zero-order chi connectivity index (χ0) is 20.4. The van der Waals surface area contributed by atoms with Gasteiger partial charge in [0.25, 0.3) is 0 Å². The summed E-state index contributed by atoms with van der Waals surface area (Å²) >= 11 is 12.0. The molecule has 1 unspecified atom stereocenters. The smallest absolute Gasteiger partial charge is 0.330 e. The van der Waals surface area contributed by atoms with Gasteiger partial charge >= 0.3 is 5.97 Å². The Morgan fingerprint density at radius 1 is 1.21 bits per heavy atom. The molecule has 6 nitrogen and oxygen atoms in total. The van der Waals surface area contributed by atoms with Gasteiger partial charge in [-0.05, 0) is 35.9 Å². The first kappa shape index (κ1) is 19.9. The number of nitrogens with one attached hydrogen (secondary N) is 1. The molecule has 0 fully saturated rings. The largest absolute Gasteiger partial charge is 0.466 e. The van der Waals surface area contributed by atoms with Gasteiger partial charge in [-0.25, -0.2) is 4.79 Å². The van der Waals surface area contributed by atoms with Gasteiger partial charge in [0.05, 0.1) is 17.8 Å². The van der Waals surface area contributed by atoms with Gasteiger partial charge in [0.2, 0.25) is 11.8 Å². The number of carbonyl (C=O) groups is 3. The zero-order valence-corrected chi connectivity index (χ0v) is 16.5. The maximum atomic E-state index is 13.0. The molecule has 0 saturated heterocycles. The lowest BCUT2D eigenvalue weighted by Gasteiger charge is -2.13. The van der Waals surface area contributed by atoms with Crippen molar-refractivity contribution in [3.63, 3.8) is 0 Å². The summed E-state index contributed by atoms with van der Waals surface area (Å²) in [6, 6.07) is 9.86. The molecule has 2 aromatic carbocycles. The first-order chi connectivity index (χ1) is 13.3. The topological polar surface area (TPSA) is 75.7 Å². The molecule has 2 aromatic rings. The summed E-state index contributed by atoms with van der Waals surface area (Å²) in [5.41, 5.74) is 2.03. The van der Waals surface area contributed by atoms with Gasteiger partial charge < -0.3 is 15.0 Å². The fourth-order valence-corrected chi connectivity index (χ4v) is 3.48. The standard InChI is InChI=1S/C20H16Cl2N2O4/c1-24-15-5-3-4-11(6-9-16(25)28-2)17(15)18(20(24)27)19(26)23-14-8-7-12(21)10-13(14)22/h3-10,18H,1-2H3,(H,23,26)/b9-6+. The highest BCUT2D eigenvalue weighted by Crippen LogP contribution is 2.40. The number of methoxy groups -OCH3 is 1. The highest BCUT2D eigenvalue weighted by atomic mass is 35.5. The van der Waals surface area contributed by atoms with Crippen LogP contribution in [0.1, 0.15) is 17.0 Å². The number of ether oxygens (including phenoxy) is 1. The predicted molar refractivity (Wildman–Crippen MR) is 109 cm³/mol. The van der Waals surface area contributed by atoms with Gasteiger partial charge in [0.1, 0.15) is 5.92 Å². The van der Waals surface area contributed by atoms with Crippen LogP contribution in [0.4, 0.5) is 11.4 Å². The van der Waals surface area contributed by atoms with Crippen LogP contribution in [0, 0.1) is 0 Å². The van der Waals surface area contributed by atoms with Crippen LogP contribution in [0.5, 0.6) is 0 Å². The summed E-state index contributed by atoms with van der Waals surface area (Å²) in [5, 5.41) is 3.38. The Morgan fingerprint density at radius 3 is 2.64 bits per heavy atom. The molecular weight excluding hydrogens is 403 g/mol. The second kappa shape index (κ2) is 8.04. The van der Waals surface area contributed by atoms with Crippen LogP contribution < -0.4 is 10.2 Å². The summed E-state index contributed by atoms with van der Waals surface area (Å²) in [4.78, 5) is 38.6. The molecule has 0 aromatic heterocycles. The third-order valence-corrected chi connectivity index (χ3v) is 4.94. The fraction of sp³-hybridized carbons (Fsp3) is 0.150. The van der Waals surface area contributed by atoms with E-state index in [1.165, 1.54) is 30.2 Å². The molecule has 0 bridgehead atoms. The highest BCUT2D eigenvalue weighted by Gasteiger charge is 2.41. The van der Waals surface area contributed by atoms with Crippen molar-refractivity contribution in [3.8, 4) is 0 Å². The van der Waals surface area contributed by atoms with E-state index in [-0.39, 0.29) is 10.9 Å². The molecule has 8 heteroatoms. The van der Waals surface area contributed by atoms with Crippen LogP contribution in [-0.2, 0) is 19.1 Å². The van der Waals surface area contributed by atoms with E-state index in [1.807, 2.05) is 0 Å². The van der Waals surface area contributed by atoms with E-state index in [1.54, 1.807) is 37.4 Å². The second-order valence-corrected chi connectivity index (χ2v) is 6.92. The third-order valence-electron chi connectivity index (χ3n) is 4.40. The van der Waals surface area contributed by atoms with Crippen molar-refractivity contribution in [1.82, 2.24) is 0 Å². The van der Waals surface area contributed by atoms with E-state index in [2.05, 4.69) is 10.1 Å². The maximum absolute atomic E-state index is 13.0. The molecule has 0 spiro atoms. The van der Waals surface area contributed by atoms with Crippen molar-refractivity contribution in [3.05, 3.63) is 63.6 Å². The molecule has 3 rings (SSSR count). The minimum atomic E-state index is -1.08. The minimum absolute atomic E-state index is 0.263. The van der Waals surface area contributed by atoms with Gasteiger partial charge in [0, 0.05) is 29.4 Å². The third kappa shape index (κ3) is 3.74. The molecule has 28 heavy (non-hydrogen) atoms. The molecule has 144 valence electrons. The predicted octanol–water partition coefficient (Wildman–Crippen LogP) is 3.88. The molecule has 2 amide bonds. The number of fused-ring (bicyclic) bond motifs is 1. The number of likely N-dealkylation sites (N-methyl/N-ethyl adjacent to an activating group) is 1. The molecule has 1 aliphatic heterocycles. The monoisotopic (exact) mass is 418 g/mol. The average molecular weight is 419 g/mol. The van der Waals surface area contributed by atoms with Crippen molar-refractivity contribution in [2.24, 2.45) is 0 Å². The molecule has 0 saturated carbocycles. The quantitative estimate of drug-likeness (QED) is 0.464. The van der Waals surface area contributed by atoms with Crippen LogP contribution in [-0.4, -0.2) is 31.9 Å². The lowest BCUT2D eigenvalue weighted by molar-refractivity contribution is -0.134. The number of amides is 2. The van der Waals surface area contributed by atoms with Gasteiger partial charge in [-0.15, -0.1) is 0 Å². The summed E-state index contributed by atoms with van der Waals surface area (Å²) in [7, 11) is 2.86. The summed E-state index contributed by atoms with van der Waals surface area (Å²) < 4.78 is 4.60. The number of hydrogen-bond donors (Lipinski definition) is 1. The van der Waals surface area contributed by atoms with Gasteiger partial charge in [-0.1, -0.05) is 35.3 Å². The Labute approximate surface area is 171 Å². The number of benzene rings is 2. The number of rotatable bonds is 4. The minimum Gasteiger partial charge on any atom is -0.466 e. The maximum Gasteiger partial charge on any atom is 0.330 e. The second-order valence-electron chi connectivity index (χ2n) is 6.08. The van der Waals surface area contributed by atoms with Crippen LogP contribution in [0.25, 0.3) is 6.08 Å². The number of hydrogen-bond acceptors (Lipinski definition) is 4. The summed E-state index contributed by atoms with van der Waals surface area (Å²) in [6.45, 7) is 0. The van der Waals surface area contributed by atoms with Crippen molar-refractivity contribution >= 4 is 58.4 Å². The number of anilines is 2. The van der Waals surface area contributed by atoms with Crippen molar-refractivity contribution in [2.75, 3.05) is 24.4 Å². The Bertz CT molecular complexity index is 1000. The summed E-state index contributed by atoms with van der Waals surface area (Å²) in [5.74, 6) is -2.52. The van der Waals surface area contributed by atoms with E-state index < -0.39 is 17.8 Å². The fourth-order valence-electron chi connectivity index (χ4n) is 3.02. The Balaban J connectivity index is 1.99. The first-order valence-corrected chi connectivity index (χ1v) is 9.01. The molecule has 1 N–H and O–H groups in total. The number of halogens is 2. The van der Waals surface area contributed by atoms with Gasteiger partial charge in [-0.2, -0.15) is 0 Å². The van der Waals surface area contributed by atoms with Gasteiger partial charge in [0.15, 0.2) is 0 Å². The van der Waals surface area contributed by atoms with Crippen LogP contribution in [0.15, 0.2) is 42.5 Å². The van der Waals surface area contributed by atoms with Crippen molar-refractivity contribution in [2.45, 2.75) is 5.92 Å². The zero-order valence-electron chi connectivity index (χ0n) is 15.0. The first-order valence-electron chi connectivity index (χ1n) is 8.26. The van der Waals surface area contributed by atoms with Crippen molar-refractivity contribution in [1.29, 1.82) is 0 Å². The van der Waals surface area contributed by atoms with E-state index in [9.17, 15) is 14.4 Å². The van der Waals surface area contributed by atoms with E-state index in [4.69, 9.17) is 23.2 Å². The highest BCUT2D eigenvalue weighted by molar-refractivity contribution is 6.37. The summed E-state index contributed by atoms with van der Waals surface area (Å²) in [6.07, 6.45) is 2.76. The molecule has 1 atom stereocenters. The SMILES string of the molecule is COC(=O)/C=C/c1cccc2c1C(C(=O)Nc1ccc(Cl)cc1Cl)C(=O)N2C. The van der Waals surface area contributed by atoms with Gasteiger partial charge in [-0.3, -0.25) is 9.59 Å². The lowest BCUT2D eigenvalue weighted by atomic mass is 9.94. The van der Waals surface area contributed by atoms with Crippen molar-refractivity contribution < 1.29 is 19.1 Å². The average Bonchev–Trinajstić information content (AvgIpc) is 2.93.